The number of fused-ring (bicyclic) bond motifs is 1. The maximum atomic E-state index is 6.07. The summed E-state index contributed by atoms with van der Waals surface area (Å²) in [6.07, 6.45) is 0. The maximum Gasteiger partial charge on any atom is 0.131 e. The van der Waals surface area contributed by atoms with E-state index in [0.717, 1.165) is 16.6 Å². The van der Waals surface area contributed by atoms with Crippen molar-refractivity contribution in [1.82, 2.24) is 0 Å². The summed E-state index contributed by atoms with van der Waals surface area (Å²) < 4.78 is 0. The van der Waals surface area contributed by atoms with Crippen LogP contribution in [0, 0.1) is 0 Å². The second-order valence-electron chi connectivity index (χ2n) is 4.36. The van der Waals surface area contributed by atoms with E-state index in [0.29, 0.717) is 5.84 Å². The van der Waals surface area contributed by atoms with Crippen LogP contribution < -0.4 is 5.73 Å². The van der Waals surface area contributed by atoms with Crippen LogP contribution in [0.1, 0.15) is 5.56 Å². The van der Waals surface area contributed by atoms with Crippen molar-refractivity contribution in [3.05, 3.63) is 78.4 Å². The molecule has 0 unspecified atom stereocenters. The molecular formula is C17H15ClN2. The Hall–Kier alpha value is -2.32. The molecule has 3 aromatic rings. The molecule has 100 valence electrons. The minimum Gasteiger partial charge on any atom is -0.383 e. The minimum atomic E-state index is 0. The molecule has 0 heterocycles. The van der Waals surface area contributed by atoms with Gasteiger partial charge in [-0.2, -0.15) is 0 Å². The maximum absolute atomic E-state index is 6.07. The normalized spacial score (nSPS) is 11.1. The SMILES string of the molecule is Cl.NC(=Nc1cccc2ccccc12)c1ccccc1. The van der Waals surface area contributed by atoms with E-state index in [2.05, 4.69) is 23.2 Å². The zero-order valence-electron chi connectivity index (χ0n) is 10.9. The molecule has 0 radical (unpaired) electrons. The molecule has 2 N–H and O–H groups in total. The van der Waals surface area contributed by atoms with Gasteiger partial charge in [0.1, 0.15) is 5.84 Å². The quantitative estimate of drug-likeness (QED) is 0.552. The van der Waals surface area contributed by atoms with Crippen molar-refractivity contribution >= 4 is 34.7 Å². The summed E-state index contributed by atoms with van der Waals surface area (Å²) in [6.45, 7) is 0. The molecule has 0 saturated carbocycles. The highest BCUT2D eigenvalue weighted by molar-refractivity contribution is 6.02. The molecule has 0 aliphatic rings. The van der Waals surface area contributed by atoms with Crippen LogP contribution in [0.5, 0.6) is 0 Å². The molecule has 0 fully saturated rings. The third-order valence-electron chi connectivity index (χ3n) is 3.08. The van der Waals surface area contributed by atoms with Crippen LogP contribution in [-0.2, 0) is 0 Å². The van der Waals surface area contributed by atoms with Gasteiger partial charge in [-0.15, -0.1) is 12.4 Å². The van der Waals surface area contributed by atoms with E-state index in [1.54, 1.807) is 0 Å². The lowest BCUT2D eigenvalue weighted by Crippen LogP contribution is -2.12. The third kappa shape index (κ3) is 2.81. The summed E-state index contributed by atoms with van der Waals surface area (Å²) in [5.41, 5.74) is 7.91. The largest absolute Gasteiger partial charge is 0.383 e. The van der Waals surface area contributed by atoms with E-state index in [1.807, 2.05) is 54.6 Å². The number of aliphatic imine (C=N–C) groups is 1. The number of hydrogen-bond acceptors (Lipinski definition) is 1. The Bertz CT molecular complexity index is 731. The predicted octanol–water partition coefficient (Wildman–Crippen LogP) is 4.30. The first kappa shape index (κ1) is 14.1. The molecule has 3 aromatic carbocycles. The molecule has 0 aliphatic carbocycles. The molecule has 0 amide bonds. The Morgan fingerprint density at radius 2 is 1.40 bits per heavy atom. The zero-order valence-corrected chi connectivity index (χ0v) is 11.7. The molecule has 0 bridgehead atoms. The van der Waals surface area contributed by atoms with Gasteiger partial charge >= 0.3 is 0 Å². The average molecular weight is 283 g/mol. The van der Waals surface area contributed by atoms with Gasteiger partial charge in [0.05, 0.1) is 5.69 Å². The number of amidine groups is 1. The molecule has 3 rings (SSSR count). The highest BCUT2D eigenvalue weighted by atomic mass is 35.5. The first-order valence-electron chi connectivity index (χ1n) is 6.22. The lowest BCUT2D eigenvalue weighted by Gasteiger charge is -2.04. The van der Waals surface area contributed by atoms with Gasteiger partial charge in [0.2, 0.25) is 0 Å². The summed E-state index contributed by atoms with van der Waals surface area (Å²) in [5, 5.41) is 2.29. The Morgan fingerprint density at radius 3 is 2.20 bits per heavy atom. The van der Waals surface area contributed by atoms with Crippen molar-refractivity contribution < 1.29 is 0 Å². The molecule has 0 atom stereocenters. The molecule has 2 nitrogen and oxygen atoms in total. The van der Waals surface area contributed by atoms with Crippen LogP contribution in [0.4, 0.5) is 5.69 Å². The fourth-order valence-corrected chi connectivity index (χ4v) is 2.11. The number of benzene rings is 3. The standard InChI is InChI=1S/C17H14N2.ClH/c18-17(14-8-2-1-3-9-14)19-16-12-6-10-13-7-4-5-11-15(13)16;/h1-12H,(H2,18,19);1H. The molecular weight excluding hydrogens is 268 g/mol. The molecule has 0 aromatic heterocycles. The summed E-state index contributed by atoms with van der Waals surface area (Å²) in [7, 11) is 0. The lowest BCUT2D eigenvalue weighted by atomic mass is 10.1. The Balaban J connectivity index is 0.00000147. The Labute approximate surface area is 124 Å². The first-order chi connectivity index (χ1) is 9.34. The molecule has 0 spiro atoms. The van der Waals surface area contributed by atoms with Gasteiger partial charge in [0, 0.05) is 10.9 Å². The van der Waals surface area contributed by atoms with Crippen LogP contribution >= 0.6 is 12.4 Å². The van der Waals surface area contributed by atoms with Crippen LogP contribution in [0.2, 0.25) is 0 Å². The van der Waals surface area contributed by atoms with Crippen molar-refractivity contribution in [2.45, 2.75) is 0 Å². The fraction of sp³-hybridized carbons (Fsp3) is 0. The Morgan fingerprint density at radius 1 is 0.750 bits per heavy atom. The highest BCUT2D eigenvalue weighted by Gasteiger charge is 2.01. The molecule has 20 heavy (non-hydrogen) atoms. The lowest BCUT2D eigenvalue weighted by molar-refractivity contribution is 1.47. The summed E-state index contributed by atoms with van der Waals surface area (Å²) >= 11 is 0. The van der Waals surface area contributed by atoms with Gasteiger partial charge in [0.25, 0.3) is 0 Å². The van der Waals surface area contributed by atoms with Gasteiger partial charge in [-0.1, -0.05) is 66.7 Å². The van der Waals surface area contributed by atoms with Crippen molar-refractivity contribution in [3.8, 4) is 0 Å². The molecule has 3 heteroatoms. The minimum absolute atomic E-state index is 0. The second-order valence-corrected chi connectivity index (χ2v) is 4.36. The average Bonchev–Trinajstić information content (AvgIpc) is 2.48. The topological polar surface area (TPSA) is 38.4 Å². The fourth-order valence-electron chi connectivity index (χ4n) is 2.11. The molecule has 0 aliphatic heterocycles. The van der Waals surface area contributed by atoms with Crippen LogP contribution in [-0.4, -0.2) is 5.84 Å². The predicted molar refractivity (Wildman–Crippen MR) is 88.0 cm³/mol. The van der Waals surface area contributed by atoms with Crippen molar-refractivity contribution in [2.24, 2.45) is 10.7 Å². The number of halogens is 1. The van der Waals surface area contributed by atoms with Crippen molar-refractivity contribution in [1.29, 1.82) is 0 Å². The Kier molecular flexibility index (Phi) is 4.38. The van der Waals surface area contributed by atoms with Gasteiger partial charge in [-0.25, -0.2) is 4.99 Å². The summed E-state index contributed by atoms with van der Waals surface area (Å²) in [6, 6.07) is 24.0. The van der Waals surface area contributed by atoms with E-state index < -0.39 is 0 Å². The van der Waals surface area contributed by atoms with Crippen LogP contribution in [0.15, 0.2) is 77.8 Å². The van der Waals surface area contributed by atoms with E-state index in [1.165, 1.54) is 5.39 Å². The summed E-state index contributed by atoms with van der Waals surface area (Å²) in [4.78, 5) is 4.55. The van der Waals surface area contributed by atoms with E-state index in [9.17, 15) is 0 Å². The van der Waals surface area contributed by atoms with Crippen LogP contribution in [0.25, 0.3) is 10.8 Å². The van der Waals surface area contributed by atoms with E-state index >= 15 is 0 Å². The van der Waals surface area contributed by atoms with Gasteiger partial charge in [0.15, 0.2) is 0 Å². The summed E-state index contributed by atoms with van der Waals surface area (Å²) in [5.74, 6) is 0.539. The van der Waals surface area contributed by atoms with Crippen LogP contribution in [0.3, 0.4) is 0 Å². The third-order valence-corrected chi connectivity index (χ3v) is 3.08. The number of rotatable bonds is 2. The second kappa shape index (κ2) is 6.22. The van der Waals surface area contributed by atoms with Crippen molar-refractivity contribution in [3.63, 3.8) is 0 Å². The van der Waals surface area contributed by atoms with Crippen molar-refractivity contribution in [2.75, 3.05) is 0 Å². The van der Waals surface area contributed by atoms with E-state index in [-0.39, 0.29) is 12.4 Å². The zero-order chi connectivity index (χ0) is 13.1. The number of nitrogens with zero attached hydrogens (tertiary/aromatic N) is 1. The first-order valence-corrected chi connectivity index (χ1v) is 6.22. The smallest absolute Gasteiger partial charge is 0.131 e. The molecule has 0 saturated heterocycles. The monoisotopic (exact) mass is 282 g/mol. The van der Waals surface area contributed by atoms with E-state index in [4.69, 9.17) is 5.73 Å². The highest BCUT2D eigenvalue weighted by Crippen LogP contribution is 2.25. The van der Waals surface area contributed by atoms with Gasteiger partial charge in [-0.3, -0.25) is 0 Å². The van der Waals surface area contributed by atoms with Gasteiger partial charge < -0.3 is 5.73 Å². The number of hydrogen-bond donors (Lipinski definition) is 1. The van der Waals surface area contributed by atoms with Gasteiger partial charge in [-0.05, 0) is 11.5 Å². The number of nitrogens with two attached hydrogens (primary N) is 1.